The maximum atomic E-state index is 12.7. The Morgan fingerprint density at radius 3 is 2.28 bits per heavy atom. The van der Waals surface area contributed by atoms with Gasteiger partial charge in [0.15, 0.2) is 0 Å². The van der Waals surface area contributed by atoms with Crippen molar-refractivity contribution in [2.24, 2.45) is 5.92 Å². The van der Waals surface area contributed by atoms with Gasteiger partial charge in [0, 0.05) is 6.54 Å². The minimum atomic E-state index is -4.06. The third-order valence-electron chi connectivity index (χ3n) is 5.03. The highest BCUT2D eigenvalue weighted by atomic mass is 19.4. The summed E-state index contributed by atoms with van der Waals surface area (Å²) < 4.78 is 49.7. The highest BCUT2D eigenvalue weighted by molar-refractivity contribution is 6.62. The van der Waals surface area contributed by atoms with E-state index in [9.17, 15) is 13.2 Å². The molecule has 0 bridgehead atoms. The van der Waals surface area contributed by atoms with Gasteiger partial charge in [0.05, 0.1) is 11.7 Å². The van der Waals surface area contributed by atoms with Crippen LogP contribution < -0.4 is 5.46 Å². The molecule has 0 unspecified atom stereocenters. The van der Waals surface area contributed by atoms with Gasteiger partial charge < -0.3 is 9.31 Å². The van der Waals surface area contributed by atoms with Gasteiger partial charge in [-0.15, -0.1) is 0 Å². The summed E-state index contributed by atoms with van der Waals surface area (Å²) in [7, 11) is -0.459. The van der Waals surface area contributed by atoms with Crippen LogP contribution in [0.3, 0.4) is 0 Å². The second-order valence-corrected chi connectivity index (χ2v) is 7.33. The number of hydrogen-bond donors (Lipinski definition) is 0. The fourth-order valence-corrected chi connectivity index (χ4v) is 3.22. The highest BCUT2D eigenvalue weighted by Crippen LogP contribution is 2.34. The number of likely N-dealkylation sites (tertiary alicyclic amines) is 1. The quantitative estimate of drug-likeness (QED) is 0.777. The molecule has 1 aromatic carbocycles. The van der Waals surface area contributed by atoms with Gasteiger partial charge in [0.25, 0.3) is 0 Å². The standard InChI is InChI=1S/C18H23BF3NO2/c1-13-17(2,3)25-19(24-13)16-6-4-14(5-7-16)12-23-10-8-15(9-11-23)18(20,21)22/h4-7,15H,1,8-12H2,2-3H3. The van der Waals surface area contributed by atoms with Crippen LogP contribution in [0.1, 0.15) is 32.3 Å². The fourth-order valence-electron chi connectivity index (χ4n) is 3.22. The van der Waals surface area contributed by atoms with E-state index >= 15 is 0 Å². The van der Waals surface area contributed by atoms with Crippen molar-refractivity contribution in [2.45, 2.75) is 45.0 Å². The zero-order valence-corrected chi connectivity index (χ0v) is 14.6. The molecule has 0 aliphatic carbocycles. The molecular formula is C18H23BF3NO2. The number of rotatable bonds is 3. The number of nitrogens with zero attached hydrogens (tertiary/aromatic N) is 1. The van der Waals surface area contributed by atoms with Crippen molar-refractivity contribution in [3.63, 3.8) is 0 Å². The van der Waals surface area contributed by atoms with Gasteiger partial charge in [-0.1, -0.05) is 30.8 Å². The van der Waals surface area contributed by atoms with E-state index in [4.69, 9.17) is 9.31 Å². The zero-order valence-electron chi connectivity index (χ0n) is 14.6. The molecular weight excluding hydrogens is 330 g/mol. The van der Waals surface area contributed by atoms with Crippen LogP contribution in [-0.2, 0) is 15.9 Å². The Morgan fingerprint density at radius 1 is 1.20 bits per heavy atom. The third-order valence-corrected chi connectivity index (χ3v) is 5.03. The van der Waals surface area contributed by atoms with Gasteiger partial charge in [-0.05, 0) is 50.8 Å². The number of alkyl halides is 3. The molecule has 2 fully saturated rings. The SMILES string of the molecule is C=C1OB(c2ccc(CN3CCC(C(F)(F)F)CC3)cc2)OC1(C)C. The topological polar surface area (TPSA) is 21.7 Å². The molecule has 25 heavy (non-hydrogen) atoms. The van der Waals surface area contributed by atoms with E-state index in [-0.39, 0.29) is 12.8 Å². The van der Waals surface area contributed by atoms with Crippen LogP contribution in [-0.4, -0.2) is 36.9 Å². The summed E-state index contributed by atoms with van der Waals surface area (Å²) in [5, 5.41) is 0. The molecule has 0 saturated carbocycles. The third kappa shape index (κ3) is 4.21. The van der Waals surface area contributed by atoms with Gasteiger partial charge >= 0.3 is 13.3 Å². The lowest BCUT2D eigenvalue weighted by atomic mass is 9.79. The van der Waals surface area contributed by atoms with Crippen molar-refractivity contribution in [3.05, 3.63) is 42.2 Å². The molecule has 0 amide bonds. The van der Waals surface area contributed by atoms with Crippen molar-refractivity contribution in [2.75, 3.05) is 13.1 Å². The second-order valence-electron chi connectivity index (χ2n) is 7.33. The van der Waals surface area contributed by atoms with Crippen molar-refractivity contribution < 1.29 is 22.5 Å². The fraction of sp³-hybridized carbons (Fsp3) is 0.556. The summed E-state index contributed by atoms with van der Waals surface area (Å²) >= 11 is 0. The number of benzene rings is 1. The van der Waals surface area contributed by atoms with Crippen LogP contribution in [0.2, 0.25) is 0 Å². The van der Waals surface area contributed by atoms with E-state index in [0.717, 1.165) is 11.0 Å². The first-order chi connectivity index (χ1) is 11.6. The molecule has 3 rings (SSSR count). The molecule has 3 nitrogen and oxygen atoms in total. The summed E-state index contributed by atoms with van der Waals surface area (Å²) in [6.07, 6.45) is -3.70. The van der Waals surface area contributed by atoms with Crippen molar-refractivity contribution >= 4 is 12.6 Å². The number of piperidine rings is 1. The Kier molecular flexibility index (Phi) is 4.90. The molecule has 0 aromatic heterocycles. The second kappa shape index (κ2) is 6.69. The first-order valence-corrected chi connectivity index (χ1v) is 8.57. The smallest absolute Gasteiger partial charge is 0.534 e. The number of halogens is 3. The van der Waals surface area contributed by atoms with Gasteiger partial charge in [-0.25, -0.2) is 0 Å². The van der Waals surface area contributed by atoms with Gasteiger partial charge in [0.2, 0.25) is 0 Å². The molecule has 0 N–H and O–H groups in total. The highest BCUT2D eigenvalue weighted by Gasteiger charge is 2.43. The summed E-state index contributed by atoms with van der Waals surface area (Å²) in [5.74, 6) is -0.548. The monoisotopic (exact) mass is 353 g/mol. The molecule has 7 heteroatoms. The summed E-state index contributed by atoms with van der Waals surface area (Å²) in [4.78, 5) is 2.07. The Balaban J connectivity index is 1.55. The molecule has 136 valence electrons. The maximum Gasteiger partial charge on any atom is 0.563 e. The normalized spacial score (nSPS) is 22.3. The largest absolute Gasteiger partial charge is 0.563 e. The lowest BCUT2D eigenvalue weighted by Gasteiger charge is -2.32. The average molecular weight is 353 g/mol. The summed E-state index contributed by atoms with van der Waals surface area (Å²) in [6, 6.07) is 7.84. The molecule has 2 aliphatic heterocycles. The Morgan fingerprint density at radius 2 is 1.80 bits per heavy atom. The molecule has 1 aromatic rings. The minimum absolute atomic E-state index is 0.183. The summed E-state index contributed by atoms with van der Waals surface area (Å²) in [5.41, 5.74) is 1.48. The Labute approximate surface area is 146 Å². The van der Waals surface area contributed by atoms with E-state index in [0.29, 0.717) is 25.4 Å². The van der Waals surface area contributed by atoms with Crippen molar-refractivity contribution in [3.8, 4) is 0 Å². The van der Waals surface area contributed by atoms with Crippen LogP contribution >= 0.6 is 0 Å². The average Bonchev–Trinajstić information content (AvgIpc) is 2.81. The van der Waals surface area contributed by atoms with Crippen LogP contribution in [0.25, 0.3) is 0 Å². The predicted molar refractivity (Wildman–Crippen MR) is 91.3 cm³/mol. The molecule has 2 saturated heterocycles. The first-order valence-electron chi connectivity index (χ1n) is 8.57. The Bertz CT molecular complexity index is 622. The van der Waals surface area contributed by atoms with Gasteiger partial charge in [-0.2, -0.15) is 13.2 Å². The van der Waals surface area contributed by atoms with Crippen LogP contribution in [0, 0.1) is 5.92 Å². The molecule has 2 aliphatic rings. The Hall–Kier alpha value is -1.47. The van der Waals surface area contributed by atoms with Crippen molar-refractivity contribution in [1.82, 2.24) is 4.90 Å². The predicted octanol–water partition coefficient (Wildman–Crippen LogP) is 3.50. The molecule has 0 radical (unpaired) electrons. The molecule has 2 heterocycles. The van der Waals surface area contributed by atoms with E-state index in [1.807, 2.05) is 38.1 Å². The van der Waals surface area contributed by atoms with Crippen LogP contribution in [0.15, 0.2) is 36.6 Å². The molecule has 0 atom stereocenters. The van der Waals surface area contributed by atoms with Crippen LogP contribution in [0.4, 0.5) is 13.2 Å². The van der Waals surface area contributed by atoms with E-state index in [1.54, 1.807) is 0 Å². The van der Waals surface area contributed by atoms with Crippen LogP contribution in [0.5, 0.6) is 0 Å². The lowest BCUT2D eigenvalue weighted by molar-refractivity contribution is -0.185. The van der Waals surface area contributed by atoms with Crippen molar-refractivity contribution in [1.29, 1.82) is 0 Å². The lowest BCUT2D eigenvalue weighted by Crippen LogP contribution is -2.38. The zero-order chi connectivity index (χ0) is 18.2. The van der Waals surface area contributed by atoms with Gasteiger partial charge in [-0.3, -0.25) is 4.90 Å². The van der Waals surface area contributed by atoms with E-state index < -0.39 is 24.8 Å². The van der Waals surface area contributed by atoms with Gasteiger partial charge in [0.1, 0.15) is 5.60 Å². The minimum Gasteiger partial charge on any atom is -0.534 e. The summed E-state index contributed by atoms with van der Waals surface area (Å²) in [6.45, 7) is 9.31. The van der Waals surface area contributed by atoms with E-state index in [1.165, 1.54) is 0 Å². The van der Waals surface area contributed by atoms with E-state index in [2.05, 4.69) is 11.5 Å². The number of hydrogen-bond acceptors (Lipinski definition) is 3. The maximum absolute atomic E-state index is 12.7. The first kappa shape index (κ1) is 18.3. The molecule has 0 spiro atoms.